The van der Waals surface area contributed by atoms with Crippen molar-refractivity contribution in [1.82, 2.24) is 5.32 Å². The van der Waals surface area contributed by atoms with Crippen molar-refractivity contribution >= 4 is 15.9 Å². The molecule has 17 heavy (non-hydrogen) atoms. The summed E-state index contributed by atoms with van der Waals surface area (Å²) < 4.78 is 18.9. The van der Waals surface area contributed by atoms with Crippen LogP contribution in [0.1, 0.15) is 24.8 Å². The molecule has 1 fully saturated rings. The minimum Gasteiger partial charge on any atom is -0.381 e. The van der Waals surface area contributed by atoms with E-state index in [1.165, 1.54) is 6.07 Å². The van der Waals surface area contributed by atoms with Crippen LogP contribution in [0.5, 0.6) is 0 Å². The third kappa shape index (κ3) is 3.50. The first-order valence-electron chi connectivity index (χ1n) is 5.89. The van der Waals surface area contributed by atoms with Gasteiger partial charge in [0.05, 0.1) is 10.6 Å². The van der Waals surface area contributed by atoms with Crippen molar-refractivity contribution in [2.45, 2.75) is 38.0 Å². The van der Waals surface area contributed by atoms with Crippen molar-refractivity contribution in [3.63, 3.8) is 0 Å². The van der Waals surface area contributed by atoms with Crippen molar-refractivity contribution < 1.29 is 9.13 Å². The summed E-state index contributed by atoms with van der Waals surface area (Å²) in [5, 5.41) is 3.49. The van der Waals surface area contributed by atoms with Crippen molar-refractivity contribution in [2.75, 3.05) is 7.11 Å². The van der Waals surface area contributed by atoms with Gasteiger partial charge in [-0.15, -0.1) is 0 Å². The van der Waals surface area contributed by atoms with Crippen LogP contribution < -0.4 is 5.32 Å². The van der Waals surface area contributed by atoms with E-state index in [1.54, 1.807) is 7.11 Å². The lowest BCUT2D eigenvalue weighted by Gasteiger charge is -2.13. The molecular formula is C13H17BrFNO. The standard InChI is InChI=1S/C13H17BrFNO/c1-17-11-4-3-10(7-11)16-8-9-2-5-13(15)12(14)6-9/h2,5-6,10-11,16H,3-4,7-8H2,1H3. The molecular weight excluding hydrogens is 285 g/mol. The Kier molecular flexibility index (Phi) is 4.54. The van der Waals surface area contributed by atoms with Gasteiger partial charge in [-0.05, 0) is 52.9 Å². The molecule has 0 aromatic heterocycles. The molecule has 0 radical (unpaired) electrons. The summed E-state index contributed by atoms with van der Waals surface area (Å²) in [6.45, 7) is 0.778. The number of halogens is 2. The number of methoxy groups -OCH3 is 1. The summed E-state index contributed by atoms with van der Waals surface area (Å²) in [7, 11) is 1.77. The summed E-state index contributed by atoms with van der Waals surface area (Å²) in [5.74, 6) is -0.214. The van der Waals surface area contributed by atoms with Gasteiger partial charge in [-0.1, -0.05) is 6.07 Å². The van der Waals surface area contributed by atoms with Gasteiger partial charge in [0.1, 0.15) is 5.82 Å². The van der Waals surface area contributed by atoms with Crippen molar-refractivity contribution in [2.24, 2.45) is 0 Å². The predicted octanol–water partition coefficient (Wildman–Crippen LogP) is 3.25. The second-order valence-electron chi connectivity index (χ2n) is 4.50. The average molecular weight is 302 g/mol. The number of hydrogen-bond donors (Lipinski definition) is 1. The van der Waals surface area contributed by atoms with Gasteiger partial charge < -0.3 is 10.1 Å². The molecule has 0 bridgehead atoms. The van der Waals surface area contributed by atoms with E-state index >= 15 is 0 Å². The largest absolute Gasteiger partial charge is 0.381 e. The van der Waals surface area contributed by atoms with Crippen LogP contribution in [-0.2, 0) is 11.3 Å². The molecule has 0 saturated heterocycles. The lowest BCUT2D eigenvalue weighted by Crippen LogP contribution is -2.26. The SMILES string of the molecule is COC1CCC(NCc2ccc(F)c(Br)c2)C1. The van der Waals surface area contributed by atoms with Crippen molar-refractivity contribution in [3.05, 3.63) is 34.1 Å². The molecule has 94 valence electrons. The Balaban J connectivity index is 1.84. The van der Waals surface area contributed by atoms with E-state index in [0.717, 1.165) is 31.4 Å². The molecule has 1 aromatic carbocycles. The lowest BCUT2D eigenvalue weighted by atomic mass is 10.2. The molecule has 0 amide bonds. The molecule has 2 rings (SSSR count). The zero-order valence-corrected chi connectivity index (χ0v) is 11.5. The molecule has 0 heterocycles. The molecule has 2 nitrogen and oxygen atoms in total. The summed E-state index contributed by atoms with van der Waals surface area (Å²) in [4.78, 5) is 0. The fraction of sp³-hybridized carbons (Fsp3) is 0.538. The van der Waals surface area contributed by atoms with Gasteiger partial charge in [-0.3, -0.25) is 0 Å². The minimum atomic E-state index is -0.214. The summed E-state index contributed by atoms with van der Waals surface area (Å²) >= 11 is 3.20. The van der Waals surface area contributed by atoms with Crippen LogP contribution in [0.25, 0.3) is 0 Å². The molecule has 2 unspecified atom stereocenters. The molecule has 1 aromatic rings. The van der Waals surface area contributed by atoms with E-state index in [0.29, 0.717) is 16.6 Å². The Hall–Kier alpha value is -0.450. The van der Waals surface area contributed by atoms with Gasteiger partial charge >= 0.3 is 0 Å². The first-order chi connectivity index (χ1) is 8.19. The molecule has 1 N–H and O–H groups in total. The van der Waals surface area contributed by atoms with Crippen molar-refractivity contribution in [3.8, 4) is 0 Å². The Morgan fingerprint density at radius 2 is 2.29 bits per heavy atom. The van der Waals surface area contributed by atoms with Gasteiger partial charge in [-0.25, -0.2) is 4.39 Å². The summed E-state index contributed by atoms with van der Waals surface area (Å²) in [6, 6.07) is 5.65. The fourth-order valence-corrected chi connectivity index (χ4v) is 2.68. The quantitative estimate of drug-likeness (QED) is 0.922. The first-order valence-corrected chi connectivity index (χ1v) is 6.68. The number of benzene rings is 1. The van der Waals surface area contributed by atoms with Crippen LogP contribution in [0.3, 0.4) is 0 Å². The minimum absolute atomic E-state index is 0.214. The zero-order chi connectivity index (χ0) is 12.3. The number of rotatable bonds is 4. The van der Waals surface area contributed by atoms with Gasteiger partial charge in [0.2, 0.25) is 0 Å². The van der Waals surface area contributed by atoms with Crippen molar-refractivity contribution in [1.29, 1.82) is 0 Å². The molecule has 0 aliphatic heterocycles. The zero-order valence-electron chi connectivity index (χ0n) is 9.88. The van der Waals surface area contributed by atoms with Gasteiger partial charge in [0.25, 0.3) is 0 Å². The molecule has 1 aliphatic carbocycles. The lowest BCUT2D eigenvalue weighted by molar-refractivity contribution is 0.107. The average Bonchev–Trinajstić information content (AvgIpc) is 2.79. The highest BCUT2D eigenvalue weighted by atomic mass is 79.9. The van der Waals surface area contributed by atoms with Crippen LogP contribution in [0.4, 0.5) is 4.39 Å². The van der Waals surface area contributed by atoms with Crippen LogP contribution in [0, 0.1) is 5.82 Å². The molecule has 1 aliphatic rings. The van der Waals surface area contributed by atoms with E-state index in [4.69, 9.17) is 4.74 Å². The second kappa shape index (κ2) is 5.94. The van der Waals surface area contributed by atoms with E-state index in [9.17, 15) is 4.39 Å². The van der Waals surface area contributed by atoms with E-state index in [1.807, 2.05) is 12.1 Å². The van der Waals surface area contributed by atoms with Gasteiger partial charge in [-0.2, -0.15) is 0 Å². The number of hydrogen-bond acceptors (Lipinski definition) is 2. The monoisotopic (exact) mass is 301 g/mol. The number of ether oxygens (including phenoxy) is 1. The first kappa shape index (κ1) is 13.0. The molecule has 4 heteroatoms. The van der Waals surface area contributed by atoms with Gasteiger partial charge in [0, 0.05) is 19.7 Å². The molecule has 0 spiro atoms. The predicted molar refractivity (Wildman–Crippen MR) is 69.4 cm³/mol. The van der Waals surface area contributed by atoms with Crippen LogP contribution >= 0.6 is 15.9 Å². The maximum atomic E-state index is 13.1. The fourth-order valence-electron chi connectivity index (χ4n) is 2.25. The maximum Gasteiger partial charge on any atom is 0.137 e. The number of nitrogens with one attached hydrogen (secondary N) is 1. The Bertz CT molecular complexity index is 386. The Morgan fingerprint density at radius 3 is 2.94 bits per heavy atom. The van der Waals surface area contributed by atoms with E-state index in [2.05, 4.69) is 21.2 Å². The highest BCUT2D eigenvalue weighted by molar-refractivity contribution is 9.10. The Labute approximate surface area is 110 Å². The highest BCUT2D eigenvalue weighted by Crippen LogP contribution is 2.22. The summed E-state index contributed by atoms with van der Waals surface area (Å²) in [5.41, 5.74) is 1.10. The normalized spacial score (nSPS) is 24.2. The molecule has 1 saturated carbocycles. The highest BCUT2D eigenvalue weighted by Gasteiger charge is 2.23. The smallest absolute Gasteiger partial charge is 0.137 e. The Morgan fingerprint density at radius 1 is 1.47 bits per heavy atom. The van der Waals surface area contributed by atoms with Gasteiger partial charge in [0.15, 0.2) is 0 Å². The third-order valence-electron chi connectivity index (χ3n) is 3.30. The second-order valence-corrected chi connectivity index (χ2v) is 5.35. The third-order valence-corrected chi connectivity index (χ3v) is 3.90. The van der Waals surface area contributed by atoms with Crippen LogP contribution in [0.15, 0.2) is 22.7 Å². The van der Waals surface area contributed by atoms with E-state index in [-0.39, 0.29) is 5.82 Å². The molecule has 2 atom stereocenters. The topological polar surface area (TPSA) is 21.3 Å². The summed E-state index contributed by atoms with van der Waals surface area (Å²) in [6.07, 6.45) is 3.74. The van der Waals surface area contributed by atoms with Crippen LogP contribution in [-0.4, -0.2) is 19.3 Å². The maximum absolute atomic E-state index is 13.1. The van der Waals surface area contributed by atoms with E-state index < -0.39 is 0 Å². The van der Waals surface area contributed by atoms with Crippen LogP contribution in [0.2, 0.25) is 0 Å².